The zero-order valence-electron chi connectivity index (χ0n) is 14.6. The maximum absolute atomic E-state index is 12.3. The monoisotopic (exact) mass is 369 g/mol. The molecule has 3 heterocycles. The first-order valence-corrected chi connectivity index (χ1v) is 9.31. The van der Waals surface area contributed by atoms with Crippen LogP contribution in [-0.2, 0) is 16.0 Å². The first-order chi connectivity index (χ1) is 12.5. The minimum atomic E-state index is -0.421. The van der Waals surface area contributed by atoms with E-state index in [0.717, 1.165) is 32.5 Å². The lowest BCUT2D eigenvalue weighted by atomic mass is 9.95. The van der Waals surface area contributed by atoms with E-state index >= 15 is 0 Å². The van der Waals surface area contributed by atoms with Gasteiger partial charge in [0, 0.05) is 25.1 Å². The molecule has 3 aromatic rings. The molecular weight excluding hydrogens is 350 g/mol. The van der Waals surface area contributed by atoms with Gasteiger partial charge in [-0.3, -0.25) is 9.59 Å². The van der Waals surface area contributed by atoms with E-state index in [2.05, 4.69) is 20.7 Å². The fourth-order valence-electron chi connectivity index (χ4n) is 3.20. The van der Waals surface area contributed by atoms with Crippen LogP contribution in [0.5, 0.6) is 0 Å². The van der Waals surface area contributed by atoms with Crippen LogP contribution in [0.2, 0.25) is 0 Å². The molecule has 7 nitrogen and oxygen atoms in total. The van der Waals surface area contributed by atoms with Crippen molar-refractivity contribution in [2.75, 3.05) is 11.9 Å². The van der Waals surface area contributed by atoms with Crippen LogP contribution in [0.4, 0.5) is 5.69 Å². The maximum Gasteiger partial charge on any atom is 0.232 e. The SMILES string of the molecule is Cc1ccc2c(c1)[C@H](CC(=O)NCCc1cn3nc(C)sc3n1)C(=O)N2. The highest BCUT2D eigenvalue weighted by Gasteiger charge is 2.32. The number of anilines is 1. The van der Waals surface area contributed by atoms with Crippen LogP contribution in [0, 0.1) is 13.8 Å². The Morgan fingerprint density at radius 1 is 1.38 bits per heavy atom. The average molecular weight is 369 g/mol. The average Bonchev–Trinajstić information content (AvgIpc) is 3.19. The number of benzene rings is 1. The normalized spacial score (nSPS) is 15.9. The number of hydrogen-bond acceptors (Lipinski definition) is 5. The van der Waals surface area contributed by atoms with Gasteiger partial charge in [0.15, 0.2) is 0 Å². The molecule has 134 valence electrons. The van der Waals surface area contributed by atoms with Gasteiger partial charge in [-0.05, 0) is 25.5 Å². The van der Waals surface area contributed by atoms with Gasteiger partial charge in [0.1, 0.15) is 5.01 Å². The molecule has 0 aliphatic carbocycles. The predicted molar refractivity (Wildman–Crippen MR) is 99.5 cm³/mol. The number of rotatable bonds is 5. The van der Waals surface area contributed by atoms with E-state index in [9.17, 15) is 9.59 Å². The zero-order valence-corrected chi connectivity index (χ0v) is 15.4. The molecule has 2 aromatic heterocycles. The standard InChI is InChI=1S/C18H19N5O2S/c1-10-3-4-15-13(7-10)14(17(25)21-15)8-16(24)19-6-5-12-9-23-18(20-12)26-11(2)22-23/h3-4,7,9,14H,5-6,8H2,1-2H3,(H,19,24)(H,21,25)/t14-/m0/s1. The smallest absolute Gasteiger partial charge is 0.232 e. The molecule has 4 rings (SSSR count). The molecule has 0 fully saturated rings. The zero-order chi connectivity index (χ0) is 18.3. The van der Waals surface area contributed by atoms with E-state index in [1.807, 2.05) is 38.2 Å². The molecule has 1 aliphatic heterocycles. The van der Waals surface area contributed by atoms with E-state index < -0.39 is 5.92 Å². The second-order valence-electron chi connectivity index (χ2n) is 6.52. The number of aryl methyl sites for hydroxylation is 2. The number of aromatic nitrogens is 3. The number of nitrogens with one attached hydrogen (secondary N) is 2. The number of fused-ring (bicyclic) bond motifs is 2. The van der Waals surface area contributed by atoms with Crippen LogP contribution in [0.15, 0.2) is 24.4 Å². The van der Waals surface area contributed by atoms with E-state index in [0.29, 0.717) is 13.0 Å². The summed E-state index contributed by atoms with van der Waals surface area (Å²) in [5, 5.41) is 11.0. The van der Waals surface area contributed by atoms with Gasteiger partial charge in [-0.25, -0.2) is 9.50 Å². The number of carbonyl (C=O) groups excluding carboxylic acids is 2. The summed E-state index contributed by atoms with van der Waals surface area (Å²) in [5.41, 5.74) is 3.68. The topological polar surface area (TPSA) is 88.4 Å². The van der Waals surface area contributed by atoms with Crippen molar-refractivity contribution in [3.05, 3.63) is 46.2 Å². The van der Waals surface area contributed by atoms with Gasteiger partial charge in [0.2, 0.25) is 16.8 Å². The van der Waals surface area contributed by atoms with Crippen LogP contribution < -0.4 is 10.6 Å². The molecule has 0 spiro atoms. The minimum absolute atomic E-state index is 0.114. The summed E-state index contributed by atoms with van der Waals surface area (Å²) in [7, 11) is 0. The van der Waals surface area contributed by atoms with Gasteiger partial charge < -0.3 is 10.6 Å². The number of imidazole rings is 1. The number of carbonyl (C=O) groups is 2. The Morgan fingerprint density at radius 2 is 2.23 bits per heavy atom. The van der Waals surface area contributed by atoms with E-state index in [4.69, 9.17) is 0 Å². The highest BCUT2D eigenvalue weighted by atomic mass is 32.1. The highest BCUT2D eigenvalue weighted by molar-refractivity contribution is 7.16. The minimum Gasteiger partial charge on any atom is -0.356 e. The second kappa shape index (κ2) is 6.53. The molecular formula is C18H19N5O2S. The molecule has 0 unspecified atom stereocenters. The van der Waals surface area contributed by atoms with Crippen molar-refractivity contribution in [2.45, 2.75) is 32.6 Å². The lowest BCUT2D eigenvalue weighted by Crippen LogP contribution is -2.28. The molecule has 8 heteroatoms. The van der Waals surface area contributed by atoms with Crippen molar-refractivity contribution < 1.29 is 9.59 Å². The molecule has 0 radical (unpaired) electrons. The maximum atomic E-state index is 12.3. The van der Waals surface area contributed by atoms with E-state index in [-0.39, 0.29) is 18.2 Å². The molecule has 2 amide bonds. The van der Waals surface area contributed by atoms with Crippen LogP contribution in [0.3, 0.4) is 0 Å². The quantitative estimate of drug-likeness (QED) is 0.722. The van der Waals surface area contributed by atoms with Crippen molar-refractivity contribution in [3.63, 3.8) is 0 Å². The number of hydrogen-bond donors (Lipinski definition) is 2. The molecule has 1 aliphatic rings. The largest absolute Gasteiger partial charge is 0.356 e. The van der Waals surface area contributed by atoms with Gasteiger partial charge >= 0.3 is 0 Å². The molecule has 0 bridgehead atoms. The van der Waals surface area contributed by atoms with Crippen molar-refractivity contribution in [2.24, 2.45) is 0 Å². The third-order valence-corrected chi connectivity index (χ3v) is 5.28. The molecule has 0 saturated heterocycles. The Hall–Kier alpha value is -2.74. The Kier molecular flexibility index (Phi) is 4.20. The van der Waals surface area contributed by atoms with Crippen LogP contribution in [0.1, 0.15) is 34.2 Å². The Balaban J connectivity index is 1.33. The van der Waals surface area contributed by atoms with Crippen molar-refractivity contribution >= 4 is 33.8 Å². The van der Waals surface area contributed by atoms with Crippen LogP contribution >= 0.6 is 11.3 Å². The van der Waals surface area contributed by atoms with Crippen LogP contribution in [-0.4, -0.2) is 33.0 Å². The fourth-order valence-corrected chi connectivity index (χ4v) is 3.94. The molecule has 1 atom stereocenters. The summed E-state index contributed by atoms with van der Waals surface area (Å²) in [5.74, 6) is -0.666. The summed E-state index contributed by atoms with van der Waals surface area (Å²) < 4.78 is 1.76. The van der Waals surface area contributed by atoms with Gasteiger partial charge in [0.05, 0.1) is 17.8 Å². The van der Waals surface area contributed by atoms with Gasteiger partial charge in [-0.15, -0.1) is 0 Å². The van der Waals surface area contributed by atoms with E-state index in [1.54, 1.807) is 4.52 Å². The van der Waals surface area contributed by atoms with Crippen LogP contribution in [0.25, 0.3) is 4.96 Å². The Bertz CT molecular complexity index is 975. The fraction of sp³-hybridized carbons (Fsp3) is 0.333. The summed E-state index contributed by atoms with van der Waals surface area (Å²) in [4.78, 5) is 29.8. The summed E-state index contributed by atoms with van der Waals surface area (Å²) in [6.07, 6.45) is 2.67. The van der Waals surface area contributed by atoms with Gasteiger partial charge in [-0.2, -0.15) is 5.10 Å². The molecule has 0 saturated carbocycles. The summed E-state index contributed by atoms with van der Waals surface area (Å²) >= 11 is 1.54. The first-order valence-electron chi connectivity index (χ1n) is 8.49. The number of nitrogens with zero attached hydrogens (tertiary/aromatic N) is 3. The first kappa shape index (κ1) is 16.7. The third-order valence-electron chi connectivity index (χ3n) is 4.44. The lowest BCUT2D eigenvalue weighted by molar-refractivity contribution is -0.125. The highest BCUT2D eigenvalue weighted by Crippen LogP contribution is 2.35. The summed E-state index contributed by atoms with van der Waals surface area (Å²) in [6, 6.07) is 5.81. The van der Waals surface area contributed by atoms with Crippen molar-refractivity contribution in [1.29, 1.82) is 0 Å². The lowest BCUT2D eigenvalue weighted by Gasteiger charge is -2.09. The molecule has 1 aromatic carbocycles. The van der Waals surface area contributed by atoms with Crippen molar-refractivity contribution in [1.82, 2.24) is 19.9 Å². The van der Waals surface area contributed by atoms with E-state index in [1.165, 1.54) is 11.3 Å². The molecule has 26 heavy (non-hydrogen) atoms. The molecule has 2 N–H and O–H groups in total. The van der Waals surface area contributed by atoms with Gasteiger partial charge in [0.25, 0.3) is 0 Å². The van der Waals surface area contributed by atoms with Gasteiger partial charge in [-0.1, -0.05) is 29.0 Å². The predicted octanol–water partition coefficient (Wildman–Crippen LogP) is 2.19. The third kappa shape index (κ3) is 3.20. The Morgan fingerprint density at radius 3 is 3.04 bits per heavy atom. The van der Waals surface area contributed by atoms with Crippen molar-refractivity contribution in [3.8, 4) is 0 Å². The second-order valence-corrected chi connectivity index (χ2v) is 7.68. The summed E-state index contributed by atoms with van der Waals surface area (Å²) in [6.45, 7) is 4.40. The Labute approximate surface area is 154 Å². The number of amides is 2.